The highest BCUT2D eigenvalue weighted by Crippen LogP contribution is 2.40. The molecule has 4 heteroatoms. The lowest BCUT2D eigenvalue weighted by atomic mass is 9.76. The van der Waals surface area contributed by atoms with Crippen molar-refractivity contribution < 1.29 is 9.59 Å². The van der Waals surface area contributed by atoms with E-state index in [-0.39, 0.29) is 30.3 Å². The molecule has 2 fully saturated rings. The number of anilines is 1. The van der Waals surface area contributed by atoms with Gasteiger partial charge in [0.2, 0.25) is 11.8 Å². The van der Waals surface area contributed by atoms with Crippen molar-refractivity contribution in [2.45, 2.75) is 33.1 Å². The van der Waals surface area contributed by atoms with Crippen LogP contribution in [0.15, 0.2) is 24.3 Å². The first-order valence-corrected chi connectivity index (χ1v) is 7.72. The lowest BCUT2D eigenvalue weighted by molar-refractivity contribution is -0.139. The smallest absolute Gasteiger partial charge is 0.234 e. The molecule has 1 heterocycles. The fourth-order valence-electron chi connectivity index (χ4n) is 3.46. The van der Waals surface area contributed by atoms with Crippen molar-refractivity contribution in [3.63, 3.8) is 0 Å². The van der Waals surface area contributed by atoms with E-state index < -0.39 is 0 Å². The number of benzene rings is 1. The van der Waals surface area contributed by atoms with E-state index in [4.69, 9.17) is 0 Å². The molecule has 4 nitrogen and oxygen atoms in total. The molecule has 2 aliphatic rings. The third kappa shape index (κ3) is 2.67. The number of aryl methyl sites for hydroxylation is 1. The number of hydrogen-bond acceptors (Lipinski definition) is 3. The van der Waals surface area contributed by atoms with Crippen LogP contribution in [0.4, 0.5) is 5.69 Å². The standard InChI is InChI=1S/C17H22N2O2/c1-11-3-6-13(7-4-11)18-10-19-16(20)14-8-5-12(2)9-15(14)17(19)21/h3-4,6-7,12,14-15,18H,5,8-10H2,1-2H3/t12-,14+,15-/m1/s1. The van der Waals surface area contributed by atoms with Gasteiger partial charge in [-0.3, -0.25) is 14.5 Å². The molecule has 2 amide bonds. The van der Waals surface area contributed by atoms with Crippen LogP contribution in [-0.2, 0) is 9.59 Å². The van der Waals surface area contributed by atoms with Gasteiger partial charge in [0.1, 0.15) is 0 Å². The van der Waals surface area contributed by atoms with Gasteiger partial charge < -0.3 is 5.32 Å². The zero-order valence-electron chi connectivity index (χ0n) is 12.6. The van der Waals surface area contributed by atoms with Crippen molar-refractivity contribution in [3.05, 3.63) is 29.8 Å². The average molecular weight is 286 g/mol. The van der Waals surface area contributed by atoms with E-state index in [0.29, 0.717) is 5.92 Å². The summed E-state index contributed by atoms with van der Waals surface area (Å²) in [6, 6.07) is 7.96. The fraction of sp³-hybridized carbons (Fsp3) is 0.529. The molecule has 1 aliphatic heterocycles. The van der Waals surface area contributed by atoms with Crippen molar-refractivity contribution in [2.75, 3.05) is 12.0 Å². The number of carbonyl (C=O) groups is 2. The Morgan fingerprint density at radius 2 is 1.76 bits per heavy atom. The first kappa shape index (κ1) is 14.1. The number of nitrogens with zero attached hydrogens (tertiary/aromatic N) is 1. The quantitative estimate of drug-likeness (QED) is 0.869. The molecule has 0 unspecified atom stereocenters. The molecule has 1 aliphatic carbocycles. The Balaban J connectivity index is 1.67. The van der Waals surface area contributed by atoms with Gasteiger partial charge in [-0.1, -0.05) is 24.6 Å². The predicted octanol–water partition coefficient (Wildman–Crippen LogP) is 2.79. The van der Waals surface area contributed by atoms with Crippen LogP contribution in [0.2, 0.25) is 0 Å². The number of amides is 2. The van der Waals surface area contributed by atoms with E-state index in [9.17, 15) is 9.59 Å². The molecule has 3 atom stereocenters. The molecule has 1 aromatic rings. The number of nitrogens with one attached hydrogen (secondary N) is 1. The van der Waals surface area contributed by atoms with Gasteiger partial charge in [-0.25, -0.2) is 0 Å². The fourth-order valence-corrected chi connectivity index (χ4v) is 3.46. The van der Waals surface area contributed by atoms with Crippen molar-refractivity contribution in [3.8, 4) is 0 Å². The second kappa shape index (κ2) is 5.51. The SMILES string of the molecule is Cc1ccc(NCN2C(=O)[C@H]3CC[C@@H](C)C[C@H]3C2=O)cc1. The van der Waals surface area contributed by atoms with E-state index in [1.54, 1.807) is 0 Å². The van der Waals surface area contributed by atoms with E-state index in [1.807, 2.05) is 31.2 Å². The highest BCUT2D eigenvalue weighted by molar-refractivity contribution is 6.05. The van der Waals surface area contributed by atoms with Crippen LogP contribution >= 0.6 is 0 Å². The maximum Gasteiger partial charge on any atom is 0.234 e. The summed E-state index contributed by atoms with van der Waals surface area (Å²) in [5, 5.41) is 3.18. The zero-order chi connectivity index (χ0) is 15.0. The van der Waals surface area contributed by atoms with Gasteiger partial charge in [0, 0.05) is 5.69 Å². The Kier molecular flexibility index (Phi) is 3.70. The zero-order valence-corrected chi connectivity index (χ0v) is 12.6. The van der Waals surface area contributed by atoms with Crippen LogP contribution in [0.1, 0.15) is 31.7 Å². The number of carbonyl (C=O) groups excluding carboxylic acids is 2. The predicted molar refractivity (Wildman–Crippen MR) is 81.5 cm³/mol. The number of likely N-dealkylation sites (tertiary alicyclic amines) is 1. The molecule has 1 saturated carbocycles. The number of fused-ring (bicyclic) bond motifs is 1. The van der Waals surface area contributed by atoms with Crippen LogP contribution in [0.3, 0.4) is 0 Å². The summed E-state index contributed by atoms with van der Waals surface area (Å²) >= 11 is 0. The molecule has 1 aromatic carbocycles. The Bertz CT molecular complexity index is 552. The van der Waals surface area contributed by atoms with Crippen LogP contribution in [0, 0.1) is 24.7 Å². The summed E-state index contributed by atoms with van der Waals surface area (Å²) in [6.45, 7) is 4.48. The van der Waals surface area contributed by atoms with Crippen LogP contribution in [0.5, 0.6) is 0 Å². The molecular weight excluding hydrogens is 264 g/mol. The molecule has 0 bridgehead atoms. The Morgan fingerprint density at radius 3 is 2.48 bits per heavy atom. The minimum atomic E-state index is -0.0823. The molecule has 112 valence electrons. The van der Waals surface area contributed by atoms with Crippen molar-refractivity contribution >= 4 is 17.5 Å². The summed E-state index contributed by atoms with van der Waals surface area (Å²) in [5.41, 5.74) is 2.12. The Labute approximate surface area is 125 Å². The van der Waals surface area contributed by atoms with Gasteiger partial charge >= 0.3 is 0 Å². The summed E-state index contributed by atoms with van der Waals surface area (Å²) < 4.78 is 0. The molecule has 0 aromatic heterocycles. The maximum absolute atomic E-state index is 12.4. The molecule has 21 heavy (non-hydrogen) atoms. The van der Waals surface area contributed by atoms with E-state index in [0.717, 1.165) is 24.9 Å². The molecule has 1 saturated heterocycles. The summed E-state index contributed by atoms with van der Waals surface area (Å²) in [7, 11) is 0. The monoisotopic (exact) mass is 286 g/mol. The highest BCUT2D eigenvalue weighted by atomic mass is 16.2. The highest BCUT2D eigenvalue weighted by Gasteiger charge is 2.49. The Morgan fingerprint density at radius 1 is 1.10 bits per heavy atom. The van der Waals surface area contributed by atoms with Crippen molar-refractivity contribution in [2.24, 2.45) is 17.8 Å². The molecule has 1 N–H and O–H groups in total. The Hall–Kier alpha value is -1.84. The third-order valence-electron chi connectivity index (χ3n) is 4.77. The van der Waals surface area contributed by atoms with Crippen LogP contribution in [-0.4, -0.2) is 23.4 Å². The van der Waals surface area contributed by atoms with Gasteiger partial charge in [-0.2, -0.15) is 0 Å². The van der Waals surface area contributed by atoms with E-state index >= 15 is 0 Å². The number of imide groups is 1. The number of rotatable bonds is 3. The second-order valence-corrected chi connectivity index (χ2v) is 6.44. The maximum atomic E-state index is 12.4. The van der Waals surface area contributed by atoms with Crippen LogP contribution in [0.25, 0.3) is 0 Å². The largest absolute Gasteiger partial charge is 0.367 e. The molecule has 0 radical (unpaired) electrons. The van der Waals surface area contributed by atoms with E-state index in [2.05, 4.69) is 12.2 Å². The number of hydrogen-bond donors (Lipinski definition) is 1. The second-order valence-electron chi connectivity index (χ2n) is 6.44. The van der Waals surface area contributed by atoms with Gasteiger partial charge in [-0.05, 0) is 44.2 Å². The minimum Gasteiger partial charge on any atom is -0.367 e. The van der Waals surface area contributed by atoms with Crippen molar-refractivity contribution in [1.82, 2.24) is 4.90 Å². The topological polar surface area (TPSA) is 49.4 Å². The van der Waals surface area contributed by atoms with Gasteiger partial charge in [0.05, 0.1) is 18.5 Å². The van der Waals surface area contributed by atoms with Crippen LogP contribution < -0.4 is 5.32 Å². The lowest BCUT2D eigenvalue weighted by Gasteiger charge is -2.25. The van der Waals surface area contributed by atoms with E-state index in [1.165, 1.54) is 10.5 Å². The molecule has 3 rings (SSSR count). The molecular formula is C17H22N2O2. The lowest BCUT2D eigenvalue weighted by Crippen LogP contribution is -2.35. The van der Waals surface area contributed by atoms with Gasteiger partial charge in [-0.15, -0.1) is 0 Å². The first-order valence-electron chi connectivity index (χ1n) is 7.72. The third-order valence-corrected chi connectivity index (χ3v) is 4.77. The average Bonchev–Trinajstić information content (AvgIpc) is 2.70. The molecule has 0 spiro atoms. The van der Waals surface area contributed by atoms with Gasteiger partial charge in [0.15, 0.2) is 0 Å². The normalized spacial score (nSPS) is 28.7. The van der Waals surface area contributed by atoms with Crippen molar-refractivity contribution in [1.29, 1.82) is 0 Å². The first-order chi connectivity index (χ1) is 10.1. The summed E-state index contributed by atoms with van der Waals surface area (Å²) in [5.74, 6) is 0.412. The minimum absolute atomic E-state index is 0.0103. The summed E-state index contributed by atoms with van der Waals surface area (Å²) in [6.07, 6.45) is 2.77. The summed E-state index contributed by atoms with van der Waals surface area (Å²) in [4.78, 5) is 26.2. The van der Waals surface area contributed by atoms with Gasteiger partial charge in [0.25, 0.3) is 0 Å².